The summed E-state index contributed by atoms with van der Waals surface area (Å²) in [6.07, 6.45) is 0. The van der Waals surface area contributed by atoms with Crippen molar-refractivity contribution in [2.45, 2.75) is 0 Å². The summed E-state index contributed by atoms with van der Waals surface area (Å²) in [7, 11) is 0. The summed E-state index contributed by atoms with van der Waals surface area (Å²) in [4.78, 5) is 24.8. The van der Waals surface area contributed by atoms with Crippen LogP contribution in [0.1, 0.15) is 0 Å². The van der Waals surface area contributed by atoms with E-state index in [0.717, 1.165) is 0 Å². The monoisotopic (exact) mass is 273 g/mol. The van der Waals surface area contributed by atoms with Gasteiger partial charge >= 0.3 is 17.4 Å². The van der Waals surface area contributed by atoms with Crippen LogP contribution >= 0.6 is 0 Å². The van der Waals surface area contributed by atoms with Gasteiger partial charge in [-0.05, 0) is 0 Å². The predicted molar refractivity (Wildman–Crippen MR) is 54.9 cm³/mol. The molecule has 0 saturated carbocycles. The van der Waals surface area contributed by atoms with Crippen molar-refractivity contribution in [3.63, 3.8) is 0 Å². The molecule has 0 aromatic rings. The average molecular weight is 273 g/mol. The van der Waals surface area contributed by atoms with Crippen molar-refractivity contribution in [3.05, 3.63) is 46.0 Å². The molecule has 0 aromatic heterocycles. The first-order chi connectivity index (χ1) is 7.11. The molecule has 14 nitrogen and oxygen atoms in total. The molecule has 0 radical (unpaired) electrons. The van der Waals surface area contributed by atoms with Crippen LogP contribution in [0.2, 0.25) is 0 Å². The molecule has 0 heterocycles. The molecule has 0 rings (SSSR count). The molecule has 98 valence electrons. The van der Waals surface area contributed by atoms with E-state index in [2.05, 4.69) is 0 Å². The fourth-order valence-corrected chi connectivity index (χ4v) is 0. The summed E-state index contributed by atoms with van der Waals surface area (Å²) in [5, 5.41) is 44.2. The Balaban J connectivity index is -0.0000000369. The van der Waals surface area contributed by atoms with E-state index >= 15 is 0 Å². The molecule has 0 aliphatic rings. The minimum atomic E-state index is -1.75. The Bertz CT molecular complexity index is 146. The van der Waals surface area contributed by atoms with Crippen LogP contribution in [0.4, 0.5) is 0 Å². The average Bonchev–Trinajstić information content (AvgIpc) is 2.00. The van der Waals surface area contributed by atoms with Gasteiger partial charge in [-0.2, -0.15) is 0 Å². The van der Waals surface area contributed by atoms with Crippen LogP contribution in [0.3, 0.4) is 0 Å². The SMILES string of the molecule is NCCN.O=[N+]([O-])[O-].O=[N+]([O-])[O-].O=[N+]([O-])[O-].[Al+3]. The Kier molecular flexibility index (Phi) is 50.6. The standard InChI is InChI=1S/C2H8N2.Al.3NO3/c3-1-2-4;;3*2-1(3)4/h1-4H2;;;;/q;+3;3*-1. The first kappa shape index (κ1) is 29.4. The molecule has 0 spiro atoms. The molecule has 0 aliphatic carbocycles. The molecule has 0 amide bonds. The molecule has 0 aliphatic heterocycles. The van der Waals surface area contributed by atoms with Gasteiger partial charge in [-0.1, -0.05) is 0 Å². The number of rotatable bonds is 1. The maximum atomic E-state index is 8.25. The second kappa shape index (κ2) is 29.2. The van der Waals surface area contributed by atoms with E-state index in [4.69, 9.17) is 57.4 Å². The molecule has 0 aromatic carbocycles. The molecule has 0 saturated heterocycles. The Hall–Kier alpha value is -1.95. The van der Waals surface area contributed by atoms with Gasteiger partial charge < -0.3 is 57.4 Å². The van der Waals surface area contributed by atoms with E-state index < -0.39 is 15.3 Å². The number of nitrogens with zero attached hydrogens (tertiary/aromatic N) is 3. The van der Waals surface area contributed by atoms with Crippen molar-refractivity contribution >= 4 is 17.4 Å². The summed E-state index contributed by atoms with van der Waals surface area (Å²) in [5.41, 5.74) is 9.81. The zero-order valence-corrected chi connectivity index (χ0v) is 9.32. The smallest absolute Gasteiger partial charge is 0.356 e. The van der Waals surface area contributed by atoms with E-state index in [-0.39, 0.29) is 17.4 Å². The van der Waals surface area contributed by atoms with Gasteiger partial charge in [0, 0.05) is 13.1 Å². The third-order valence-corrected chi connectivity index (χ3v) is 0.167. The number of hydrogen-bond acceptors (Lipinski definition) is 11. The molecule has 4 N–H and O–H groups in total. The van der Waals surface area contributed by atoms with Crippen LogP contribution < -0.4 is 11.5 Å². The fourth-order valence-electron chi connectivity index (χ4n) is 0. The van der Waals surface area contributed by atoms with Crippen LogP contribution in [0, 0.1) is 46.0 Å². The Labute approximate surface area is 104 Å². The Morgan fingerprint density at radius 1 is 0.647 bits per heavy atom. The van der Waals surface area contributed by atoms with Gasteiger partial charge in [0.2, 0.25) is 0 Å². The third-order valence-electron chi connectivity index (χ3n) is 0.167. The fraction of sp³-hybridized carbons (Fsp3) is 1.00. The molecule has 0 unspecified atom stereocenters. The van der Waals surface area contributed by atoms with Gasteiger partial charge in [0.15, 0.2) is 0 Å². The Morgan fingerprint density at radius 2 is 0.706 bits per heavy atom. The van der Waals surface area contributed by atoms with Crippen molar-refractivity contribution in [2.24, 2.45) is 11.5 Å². The number of nitrogens with two attached hydrogens (primary N) is 2. The minimum Gasteiger partial charge on any atom is -0.356 e. The van der Waals surface area contributed by atoms with Crippen molar-refractivity contribution in [3.8, 4) is 0 Å². The first-order valence-corrected chi connectivity index (χ1v) is 2.96. The van der Waals surface area contributed by atoms with E-state index in [0.29, 0.717) is 13.1 Å². The second-order valence-electron chi connectivity index (χ2n) is 1.25. The first-order valence-electron chi connectivity index (χ1n) is 2.96. The predicted octanol–water partition coefficient (Wildman–Crippen LogP) is -2.19. The molecule has 15 heteroatoms. The van der Waals surface area contributed by atoms with Crippen molar-refractivity contribution in [2.75, 3.05) is 13.1 Å². The molecular weight excluding hydrogens is 265 g/mol. The van der Waals surface area contributed by atoms with Gasteiger partial charge in [0.25, 0.3) is 0 Å². The molecule has 0 bridgehead atoms. The van der Waals surface area contributed by atoms with Gasteiger partial charge in [0.05, 0.1) is 15.3 Å². The summed E-state index contributed by atoms with van der Waals surface area (Å²) in [6.45, 7) is 1.19. The van der Waals surface area contributed by atoms with Crippen molar-refractivity contribution in [1.82, 2.24) is 0 Å². The van der Waals surface area contributed by atoms with Crippen molar-refractivity contribution in [1.29, 1.82) is 0 Å². The maximum Gasteiger partial charge on any atom is 3.00 e. The van der Waals surface area contributed by atoms with E-state index in [1.54, 1.807) is 0 Å². The molecule has 0 fully saturated rings. The maximum absolute atomic E-state index is 8.25. The Morgan fingerprint density at radius 3 is 0.706 bits per heavy atom. The van der Waals surface area contributed by atoms with Gasteiger partial charge in [0.1, 0.15) is 0 Å². The summed E-state index contributed by atoms with van der Waals surface area (Å²) < 4.78 is 0. The zero-order valence-electron chi connectivity index (χ0n) is 8.16. The summed E-state index contributed by atoms with van der Waals surface area (Å²) in [5.74, 6) is 0. The molecule has 0 atom stereocenters. The largest absolute Gasteiger partial charge is 3.00 e. The zero-order chi connectivity index (χ0) is 14.1. The van der Waals surface area contributed by atoms with Crippen LogP contribution in [0.15, 0.2) is 0 Å². The van der Waals surface area contributed by atoms with Gasteiger partial charge in [-0.25, -0.2) is 0 Å². The summed E-state index contributed by atoms with van der Waals surface area (Å²) >= 11 is 0. The van der Waals surface area contributed by atoms with E-state index in [1.807, 2.05) is 0 Å². The quantitative estimate of drug-likeness (QED) is 0.294. The normalized spacial score (nSPS) is 6.00. The van der Waals surface area contributed by atoms with Crippen LogP contribution in [-0.2, 0) is 0 Å². The van der Waals surface area contributed by atoms with Crippen LogP contribution in [-0.4, -0.2) is 45.7 Å². The van der Waals surface area contributed by atoms with E-state index in [9.17, 15) is 0 Å². The topological polar surface area (TPSA) is 251 Å². The van der Waals surface area contributed by atoms with Gasteiger partial charge in [-0.15, -0.1) is 0 Å². The molecular formula is C2H8AlN5O9. The van der Waals surface area contributed by atoms with E-state index in [1.165, 1.54) is 0 Å². The van der Waals surface area contributed by atoms with Crippen LogP contribution in [0.25, 0.3) is 0 Å². The van der Waals surface area contributed by atoms with Gasteiger partial charge in [-0.3, -0.25) is 0 Å². The van der Waals surface area contributed by atoms with Crippen molar-refractivity contribution < 1.29 is 15.3 Å². The minimum absolute atomic E-state index is 0. The third kappa shape index (κ3) is 2270. The molecule has 17 heavy (non-hydrogen) atoms. The summed E-state index contributed by atoms with van der Waals surface area (Å²) in [6, 6.07) is 0. The van der Waals surface area contributed by atoms with Crippen LogP contribution in [0.5, 0.6) is 0 Å². The second-order valence-corrected chi connectivity index (χ2v) is 1.25. The number of hydrogen-bond donors (Lipinski definition) is 2.